The highest BCUT2D eigenvalue weighted by molar-refractivity contribution is 5.81. The SMILES string of the molecule is CN(C(=O)OC(C)(C)C)[C@@H]1[C@@H](O)[C@@H](O[C@@H]2[C@@H](O)[C@H](O[C@H]3OC(CN)=CC[C@H]3NC3CN(C(=O)OC(C)(C)C)C3)[C@@H](NC(=O)OC(C)(C)C)C[C@H]2NC(=O)[C@@H](O)CCNC(=O)OC(C)(C)C)OC[C@]1(C)O. The molecule has 1 aliphatic carbocycles. The summed E-state index contributed by atoms with van der Waals surface area (Å²) in [5.41, 5.74) is 0.760. The van der Waals surface area contributed by atoms with Crippen molar-refractivity contribution in [2.45, 2.75) is 211 Å². The molecule has 24 nitrogen and oxygen atoms in total. The van der Waals surface area contributed by atoms with Crippen LogP contribution in [-0.4, -0.2) is 202 Å². The maximum absolute atomic E-state index is 13.8. The van der Waals surface area contributed by atoms with Crippen LogP contribution in [0.3, 0.4) is 0 Å². The number of rotatable bonds is 14. The number of hydrogen-bond donors (Lipinski definition) is 9. The van der Waals surface area contributed by atoms with E-state index < -0.39 is 132 Å². The third kappa shape index (κ3) is 17.2. The second kappa shape index (κ2) is 23.1. The molecule has 402 valence electrons. The van der Waals surface area contributed by atoms with Crippen molar-refractivity contribution in [3.05, 3.63) is 11.8 Å². The van der Waals surface area contributed by atoms with E-state index in [1.54, 1.807) is 89.2 Å². The Morgan fingerprint density at radius 1 is 0.814 bits per heavy atom. The minimum atomic E-state index is -1.85. The average Bonchev–Trinajstić information content (AvgIpc) is 3.16. The zero-order valence-electron chi connectivity index (χ0n) is 43.2. The average molecular weight is 1000 g/mol. The van der Waals surface area contributed by atoms with Gasteiger partial charge in [-0.15, -0.1) is 0 Å². The molecule has 0 bridgehead atoms. The van der Waals surface area contributed by atoms with Gasteiger partial charge in [-0.1, -0.05) is 0 Å². The van der Waals surface area contributed by atoms with Crippen LogP contribution in [-0.2, 0) is 42.7 Å². The van der Waals surface area contributed by atoms with E-state index in [9.17, 15) is 44.4 Å². The van der Waals surface area contributed by atoms with Crippen LogP contribution in [0.2, 0.25) is 0 Å². The lowest BCUT2D eigenvalue weighted by Crippen LogP contribution is -2.71. The van der Waals surface area contributed by atoms with E-state index in [0.717, 1.165) is 4.90 Å². The molecule has 3 fully saturated rings. The number of nitrogens with one attached hydrogen (secondary N) is 4. The Hall–Kier alpha value is -4.27. The molecular formula is C46H81N7O17. The second-order valence-electron chi connectivity index (χ2n) is 22.5. The summed E-state index contributed by atoms with van der Waals surface area (Å²) in [5, 5.41) is 58.4. The van der Waals surface area contributed by atoms with Crippen molar-refractivity contribution < 1.29 is 82.3 Å². The first-order valence-corrected chi connectivity index (χ1v) is 23.8. The molecule has 12 atom stereocenters. The Balaban J connectivity index is 1.69. The number of hydrogen-bond acceptors (Lipinski definition) is 19. The zero-order chi connectivity index (χ0) is 52.9. The summed E-state index contributed by atoms with van der Waals surface area (Å²) in [6.07, 6.45) is -12.7. The number of alkyl carbamates (subject to hydrolysis) is 2. The van der Waals surface area contributed by atoms with E-state index in [0.29, 0.717) is 25.3 Å². The van der Waals surface area contributed by atoms with Gasteiger partial charge in [-0.3, -0.25) is 4.79 Å². The molecule has 24 heteroatoms. The summed E-state index contributed by atoms with van der Waals surface area (Å²) in [7, 11) is 1.32. The molecule has 0 aromatic rings. The van der Waals surface area contributed by atoms with Crippen molar-refractivity contribution in [3.63, 3.8) is 0 Å². The Labute approximate surface area is 410 Å². The van der Waals surface area contributed by atoms with Crippen LogP contribution in [0.25, 0.3) is 0 Å². The number of aliphatic hydroxyl groups is 4. The van der Waals surface area contributed by atoms with Crippen molar-refractivity contribution in [1.82, 2.24) is 31.1 Å². The van der Waals surface area contributed by atoms with Gasteiger partial charge in [0.25, 0.3) is 0 Å². The standard InChI is InChI=1S/C46H81N7O17/c1-42(2,3)67-38(58)48-18-17-29(54)35(57)50-27-19-28(51-39(59)68-43(4,5)6)33(65-36-26(16-15-25(20-47)64-36)49-24-21-53(22-24)41(61)70-45(10,11)12)30(55)32(27)66-37-31(56)34(46(13,62)23-63-37)52(14)40(60)69-44(7,8)9/h15,24,26-34,36-37,49,54-56,62H,16-23,47H2,1-14H3,(H,48,58)(H,50,57)(H,51,59)/t26-,27-,28+,29+,30-,31-,32+,33-,34-,36-,37-,46+/m1/s1. The Kier molecular flexibility index (Phi) is 19.2. The first-order chi connectivity index (χ1) is 32.1. The summed E-state index contributed by atoms with van der Waals surface area (Å²) < 4.78 is 47.0. The van der Waals surface area contributed by atoms with E-state index in [1.165, 1.54) is 18.9 Å². The van der Waals surface area contributed by atoms with Crippen LogP contribution in [0.4, 0.5) is 19.2 Å². The maximum Gasteiger partial charge on any atom is 0.410 e. The Morgan fingerprint density at radius 3 is 1.91 bits per heavy atom. The van der Waals surface area contributed by atoms with E-state index in [-0.39, 0.29) is 32.0 Å². The van der Waals surface area contributed by atoms with E-state index in [4.69, 9.17) is 43.6 Å². The van der Waals surface area contributed by atoms with Gasteiger partial charge < -0.3 is 95.1 Å². The third-order valence-corrected chi connectivity index (χ3v) is 11.2. The molecule has 70 heavy (non-hydrogen) atoms. The van der Waals surface area contributed by atoms with Crippen LogP contribution in [0, 0.1) is 0 Å². The molecule has 0 aromatic heterocycles. The smallest absolute Gasteiger partial charge is 0.410 e. The molecule has 4 rings (SSSR count). The highest BCUT2D eigenvalue weighted by atomic mass is 16.7. The molecular weight excluding hydrogens is 923 g/mol. The highest BCUT2D eigenvalue weighted by Crippen LogP contribution is 2.35. The maximum atomic E-state index is 13.8. The predicted molar refractivity (Wildman–Crippen MR) is 250 cm³/mol. The van der Waals surface area contributed by atoms with Gasteiger partial charge in [-0.2, -0.15) is 0 Å². The van der Waals surface area contributed by atoms with Crippen LogP contribution in [0.1, 0.15) is 109 Å². The van der Waals surface area contributed by atoms with Crippen molar-refractivity contribution in [2.24, 2.45) is 5.73 Å². The summed E-state index contributed by atoms with van der Waals surface area (Å²) in [5.74, 6) is -0.589. The number of carbonyl (C=O) groups is 5. The van der Waals surface area contributed by atoms with Gasteiger partial charge in [-0.25, -0.2) is 19.2 Å². The summed E-state index contributed by atoms with van der Waals surface area (Å²) in [6, 6.07) is -4.71. The fourth-order valence-corrected chi connectivity index (χ4v) is 8.22. The molecule has 5 amide bonds. The molecule has 0 radical (unpaired) electrons. The van der Waals surface area contributed by atoms with Crippen LogP contribution >= 0.6 is 0 Å². The third-order valence-electron chi connectivity index (χ3n) is 11.2. The van der Waals surface area contributed by atoms with Crippen molar-refractivity contribution >= 4 is 30.3 Å². The Morgan fingerprint density at radius 2 is 1.36 bits per heavy atom. The minimum Gasteiger partial charge on any atom is -0.467 e. The molecule has 1 saturated carbocycles. The van der Waals surface area contributed by atoms with Crippen LogP contribution in [0.5, 0.6) is 0 Å². The monoisotopic (exact) mass is 1000 g/mol. The molecule has 0 spiro atoms. The summed E-state index contributed by atoms with van der Waals surface area (Å²) >= 11 is 0. The van der Waals surface area contributed by atoms with Crippen LogP contribution < -0.4 is 27.0 Å². The van der Waals surface area contributed by atoms with Gasteiger partial charge in [0.2, 0.25) is 12.2 Å². The number of likely N-dealkylation sites (tertiary alicyclic amines) is 1. The predicted octanol–water partition coefficient (Wildman–Crippen LogP) is 1.05. The van der Waals surface area contributed by atoms with Crippen LogP contribution in [0.15, 0.2) is 11.8 Å². The first-order valence-electron chi connectivity index (χ1n) is 23.8. The van der Waals surface area contributed by atoms with Gasteiger partial charge >= 0.3 is 24.4 Å². The Bertz CT molecular complexity index is 1840. The van der Waals surface area contributed by atoms with Gasteiger partial charge in [0.05, 0.1) is 37.3 Å². The topological polar surface area (TPSA) is 321 Å². The molecule has 4 aliphatic rings. The molecule has 0 unspecified atom stereocenters. The number of nitrogens with two attached hydrogens (primary N) is 1. The van der Waals surface area contributed by atoms with E-state index in [1.807, 2.05) is 0 Å². The number of amides is 5. The number of nitrogens with zero attached hydrogens (tertiary/aromatic N) is 2. The molecule has 3 aliphatic heterocycles. The fourth-order valence-electron chi connectivity index (χ4n) is 8.22. The highest BCUT2D eigenvalue weighted by Gasteiger charge is 2.55. The van der Waals surface area contributed by atoms with Gasteiger partial charge in [0.1, 0.15) is 64.3 Å². The summed E-state index contributed by atoms with van der Waals surface area (Å²) in [4.78, 5) is 68.2. The lowest BCUT2D eigenvalue weighted by Gasteiger charge is -2.51. The van der Waals surface area contributed by atoms with Gasteiger partial charge in [0.15, 0.2) is 6.29 Å². The molecule has 2 saturated heterocycles. The molecule has 3 heterocycles. The normalized spacial score (nSPS) is 30.3. The zero-order valence-corrected chi connectivity index (χ0v) is 43.2. The van der Waals surface area contributed by atoms with E-state index >= 15 is 0 Å². The number of likely N-dealkylation sites (N-methyl/N-ethyl adjacent to an activating group) is 1. The lowest BCUT2D eigenvalue weighted by molar-refractivity contribution is -0.311. The van der Waals surface area contributed by atoms with Crippen molar-refractivity contribution in [3.8, 4) is 0 Å². The largest absolute Gasteiger partial charge is 0.467 e. The number of carbonyl (C=O) groups excluding carboxylic acids is 5. The van der Waals surface area contributed by atoms with Crippen molar-refractivity contribution in [1.29, 1.82) is 0 Å². The number of aliphatic hydroxyl groups excluding tert-OH is 3. The first kappa shape index (κ1) is 58.3. The van der Waals surface area contributed by atoms with Gasteiger partial charge in [-0.05, 0) is 115 Å². The molecule has 0 aromatic carbocycles. The minimum absolute atomic E-state index is 0.00963. The van der Waals surface area contributed by atoms with Crippen molar-refractivity contribution in [2.75, 3.05) is 39.8 Å². The second-order valence-corrected chi connectivity index (χ2v) is 22.5. The fraction of sp³-hybridized carbons (Fsp3) is 0.848. The summed E-state index contributed by atoms with van der Waals surface area (Å²) in [6.45, 7) is 21.6. The number of ether oxygens (including phenoxy) is 8. The van der Waals surface area contributed by atoms with E-state index in [2.05, 4.69) is 21.3 Å². The van der Waals surface area contributed by atoms with Gasteiger partial charge in [0, 0.05) is 32.7 Å². The quantitative estimate of drug-likeness (QED) is 0.110. The lowest BCUT2D eigenvalue weighted by atomic mass is 9.82. The molecule has 10 N–H and O–H groups in total.